The van der Waals surface area contributed by atoms with Crippen molar-refractivity contribution in [1.29, 1.82) is 0 Å². The van der Waals surface area contributed by atoms with Gasteiger partial charge in [0.1, 0.15) is 5.75 Å². The van der Waals surface area contributed by atoms with Crippen LogP contribution in [0, 0.1) is 6.92 Å². The Balaban J connectivity index is 1.85. The summed E-state index contributed by atoms with van der Waals surface area (Å²) in [4.78, 5) is 1.45. The van der Waals surface area contributed by atoms with Crippen LogP contribution in [0.25, 0.3) is 0 Å². The van der Waals surface area contributed by atoms with Crippen LogP contribution in [-0.4, -0.2) is 36.8 Å². The number of hydrogen-bond donors (Lipinski definition) is 1. The van der Waals surface area contributed by atoms with Crippen LogP contribution in [0.3, 0.4) is 0 Å². The number of aliphatic hydroxyl groups is 1. The van der Waals surface area contributed by atoms with E-state index in [-0.39, 0.29) is 6.54 Å². The highest BCUT2D eigenvalue weighted by molar-refractivity contribution is 5.67. The molecule has 2 atom stereocenters. The van der Waals surface area contributed by atoms with Gasteiger partial charge >= 0.3 is 12.5 Å². The van der Waals surface area contributed by atoms with Gasteiger partial charge in [-0.15, -0.1) is 13.2 Å². The highest BCUT2D eigenvalue weighted by Gasteiger charge is 2.47. The second-order valence-corrected chi connectivity index (χ2v) is 8.78. The summed E-state index contributed by atoms with van der Waals surface area (Å²) in [6.45, 7) is 1.24. The minimum atomic E-state index is -4.89. The van der Waals surface area contributed by atoms with E-state index in [1.807, 2.05) is 31.2 Å². The minimum absolute atomic E-state index is 0.0307. The van der Waals surface area contributed by atoms with Crippen molar-refractivity contribution < 1.29 is 36.2 Å². The molecule has 1 unspecified atom stereocenters. The summed E-state index contributed by atoms with van der Waals surface area (Å²) >= 11 is 0. The number of fused-ring (bicyclic) bond motifs is 1. The van der Waals surface area contributed by atoms with Crippen molar-refractivity contribution in [2.45, 2.75) is 37.4 Å². The molecule has 4 rings (SSSR count). The van der Waals surface area contributed by atoms with Gasteiger partial charge in [0.2, 0.25) is 0 Å². The molecular formula is C26H23F6NO2. The Hall–Kier alpha value is -3.20. The number of aryl methyl sites for hydroxylation is 1. The van der Waals surface area contributed by atoms with E-state index in [0.29, 0.717) is 23.2 Å². The second-order valence-electron chi connectivity index (χ2n) is 8.78. The number of β-amino-alcohol motifs (C(OH)–C–C–N with tert-alkyl or cyclic N) is 1. The van der Waals surface area contributed by atoms with Crippen LogP contribution >= 0.6 is 0 Å². The molecule has 0 aliphatic carbocycles. The van der Waals surface area contributed by atoms with Gasteiger partial charge in [0.25, 0.3) is 0 Å². The molecule has 1 N–H and O–H groups in total. The Morgan fingerprint density at radius 3 is 2.34 bits per heavy atom. The van der Waals surface area contributed by atoms with Crippen LogP contribution in [0.4, 0.5) is 32.0 Å². The Morgan fingerprint density at radius 2 is 1.66 bits per heavy atom. The zero-order valence-corrected chi connectivity index (χ0v) is 18.7. The number of aliphatic hydroxyl groups excluding tert-OH is 1. The monoisotopic (exact) mass is 495 g/mol. The predicted octanol–water partition coefficient (Wildman–Crippen LogP) is 6.17. The van der Waals surface area contributed by atoms with Crippen molar-refractivity contribution in [2.75, 3.05) is 18.0 Å². The normalized spacial score (nSPS) is 18.9. The van der Waals surface area contributed by atoms with Crippen LogP contribution in [0.5, 0.6) is 5.75 Å². The predicted molar refractivity (Wildman–Crippen MR) is 120 cm³/mol. The van der Waals surface area contributed by atoms with Gasteiger partial charge in [-0.25, -0.2) is 0 Å². The summed E-state index contributed by atoms with van der Waals surface area (Å²) in [5, 5.41) is 9.80. The van der Waals surface area contributed by atoms with Gasteiger partial charge in [-0.3, -0.25) is 0 Å². The molecule has 1 heterocycles. The molecule has 3 aromatic rings. The van der Waals surface area contributed by atoms with Crippen LogP contribution < -0.4 is 9.64 Å². The van der Waals surface area contributed by atoms with Crippen LogP contribution in [0.2, 0.25) is 0 Å². The number of ether oxygens (including phenoxy) is 1. The number of rotatable bonds is 6. The molecule has 3 nitrogen and oxygen atoms in total. The third-order valence-corrected chi connectivity index (χ3v) is 6.20. The van der Waals surface area contributed by atoms with Gasteiger partial charge in [-0.1, -0.05) is 60.2 Å². The van der Waals surface area contributed by atoms with Crippen molar-refractivity contribution in [1.82, 2.24) is 0 Å². The second kappa shape index (κ2) is 9.11. The number of hydrogen-bond acceptors (Lipinski definition) is 3. The van der Waals surface area contributed by atoms with Crippen molar-refractivity contribution >= 4 is 5.69 Å². The van der Waals surface area contributed by atoms with E-state index in [1.165, 1.54) is 23.1 Å². The summed E-state index contributed by atoms with van der Waals surface area (Å²) in [7, 11) is 0. The van der Waals surface area contributed by atoms with Crippen LogP contribution in [0.1, 0.15) is 22.3 Å². The first kappa shape index (κ1) is 24.9. The fourth-order valence-electron chi connectivity index (χ4n) is 4.79. The zero-order chi connectivity index (χ0) is 25.4. The number of nitrogens with zero attached hydrogens (tertiary/aromatic N) is 1. The Kier molecular flexibility index (Phi) is 6.48. The first-order valence-electron chi connectivity index (χ1n) is 10.9. The SMILES string of the molecule is Cc1cccc(CC2(c3cccc(OC(F)(F)F)c3)CN(C[C@@H](O)C(F)(F)F)c3ccccc32)c1. The lowest BCUT2D eigenvalue weighted by Gasteiger charge is -2.33. The maximum atomic E-state index is 13.2. The summed E-state index contributed by atoms with van der Waals surface area (Å²) in [5.74, 6) is -0.412. The lowest BCUT2D eigenvalue weighted by Crippen LogP contribution is -2.44. The Bertz CT molecular complexity index is 1190. The first-order valence-corrected chi connectivity index (χ1v) is 10.9. The third-order valence-electron chi connectivity index (χ3n) is 6.20. The highest BCUT2D eigenvalue weighted by atomic mass is 19.4. The fraction of sp³-hybridized carbons (Fsp3) is 0.308. The molecule has 35 heavy (non-hydrogen) atoms. The number of benzene rings is 3. The molecule has 0 saturated heterocycles. The molecule has 0 spiro atoms. The smallest absolute Gasteiger partial charge is 0.406 e. The van der Waals surface area contributed by atoms with Crippen molar-refractivity contribution in [3.05, 3.63) is 95.1 Å². The lowest BCUT2D eigenvalue weighted by atomic mass is 9.71. The molecule has 0 bridgehead atoms. The van der Waals surface area contributed by atoms with Crippen molar-refractivity contribution in [3.63, 3.8) is 0 Å². The van der Waals surface area contributed by atoms with E-state index in [1.54, 1.807) is 30.3 Å². The fourth-order valence-corrected chi connectivity index (χ4v) is 4.79. The Labute approximate surface area is 198 Å². The average Bonchev–Trinajstić information content (AvgIpc) is 3.06. The van der Waals surface area contributed by atoms with Gasteiger partial charge in [-0.2, -0.15) is 13.2 Å². The number of halogens is 6. The largest absolute Gasteiger partial charge is 0.573 e. The number of para-hydroxylation sites is 1. The van der Waals surface area contributed by atoms with E-state index < -0.39 is 36.4 Å². The minimum Gasteiger partial charge on any atom is -0.406 e. The molecule has 0 amide bonds. The first-order chi connectivity index (χ1) is 16.4. The molecule has 1 aliphatic rings. The molecule has 9 heteroatoms. The molecule has 1 aliphatic heterocycles. The zero-order valence-electron chi connectivity index (χ0n) is 18.7. The van der Waals surface area contributed by atoms with E-state index in [9.17, 15) is 31.4 Å². The molecule has 186 valence electrons. The van der Waals surface area contributed by atoms with E-state index >= 15 is 0 Å². The van der Waals surface area contributed by atoms with E-state index in [2.05, 4.69) is 4.74 Å². The van der Waals surface area contributed by atoms with E-state index in [4.69, 9.17) is 0 Å². The molecule has 3 aromatic carbocycles. The lowest BCUT2D eigenvalue weighted by molar-refractivity contribution is -0.274. The van der Waals surface area contributed by atoms with E-state index in [0.717, 1.165) is 11.1 Å². The molecule has 0 radical (unpaired) electrons. The van der Waals surface area contributed by atoms with Crippen molar-refractivity contribution in [2.24, 2.45) is 0 Å². The molecule has 0 fully saturated rings. The standard InChI is InChI=1S/C26H23F6NO2/c1-17-6-4-7-18(12-17)14-24(19-8-5-9-20(13-19)35-26(30,31)32)16-33(15-23(34)25(27,28)29)22-11-3-2-10-21(22)24/h2-13,23,34H,14-16H2,1H3/t23-,24?/m1/s1. The maximum Gasteiger partial charge on any atom is 0.573 e. The Morgan fingerprint density at radius 1 is 0.943 bits per heavy atom. The van der Waals surface area contributed by atoms with Crippen LogP contribution in [-0.2, 0) is 11.8 Å². The molecule has 0 aromatic heterocycles. The average molecular weight is 495 g/mol. The topological polar surface area (TPSA) is 32.7 Å². The van der Waals surface area contributed by atoms with Gasteiger partial charge < -0.3 is 14.7 Å². The van der Waals surface area contributed by atoms with Crippen LogP contribution in [0.15, 0.2) is 72.8 Å². The van der Waals surface area contributed by atoms with Gasteiger partial charge in [0.05, 0.1) is 6.54 Å². The number of anilines is 1. The van der Waals surface area contributed by atoms with Gasteiger partial charge in [0.15, 0.2) is 6.10 Å². The molecular weight excluding hydrogens is 472 g/mol. The maximum absolute atomic E-state index is 13.2. The quantitative estimate of drug-likeness (QED) is 0.416. The van der Waals surface area contributed by atoms with Crippen molar-refractivity contribution in [3.8, 4) is 5.75 Å². The number of alkyl halides is 6. The summed E-state index contributed by atoms with van der Waals surface area (Å²) in [5.41, 5.74) is 2.49. The summed E-state index contributed by atoms with van der Waals surface area (Å²) in [6, 6.07) is 20.0. The highest BCUT2D eigenvalue weighted by Crippen LogP contribution is 2.48. The summed E-state index contributed by atoms with van der Waals surface area (Å²) < 4.78 is 82.5. The molecule has 0 saturated carbocycles. The van der Waals surface area contributed by atoms with Gasteiger partial charge in [0, 0.05) is 17.6 Å². The van der Waals surface area contributed by atoms with Gasteiger partial charge in [-0.05, 0) is 48.2 Å². The summed E-state index contributed by atoms with van der Waals surface area (Å²) in [6.07, 6.45) is -12.0. The third kappa shape index (κ3) is 5.40.